The topological polar surface area (TPSA) is 41.5 Å². The van der Waals surface area contributed by atoms with Crippen molar-refractivity contribution < 1.29 is 9.84 Å². The van der Waals surface area contributed by atoms with Gasteiger partial charge < -0.3 is 15.2 Å². The normalized spacial score (nSPS) is 12.5. The van der Waals surface area contributed by atoms with Crippen molar-refractivity contribution in [1.29, 1.82) is 0 Å². The number of nitrogens with one attached hydrogen (secondary N) is 1. The summed E-state index contributed by atoms with van der Waals surface area (Å²) in [4.78, 5) is 0. The number of benzene rings is 1. The highest BCUT2D eigenvalue weighted by Crippen LogP contribution is 2.25. The molecule has 1 aromatic rings. The molecule has 1 unspecified atom stereocenters. The van der Waals surface area contributed by atoms with Gasteiger partial charge in [0.1, 0.15) is 5.75 Å². The molecule has 0 amide bonds. The number of aliphatic hydroxyl groups excluding tert-OH is 1. The number of hydrogen-bond donors (Lipinski definition) is 2. The maximum Gasteiger partial charge on any atom is 0.133 e. The van der Waals surface area contributed by atoms with Crippen molar-refractivity contribution in [2.24, 2.45) is 0 Å². The van der Waals surface area contributed by atoms with Crippen molar-refractivity contribution >= 4 is 15.9 Å². The van der Waals surface area contributed by atoms with Crippen LogP contribution in [0.15, 0.2) is 22.7 Å². The summed E-state index contributed by atoms with van der Waals surface area (Å²) in [5.74, 6) is 0.840. The smallest absolute Gasteiger partial charge is 0.133 e. The first-order valence-corrected chi connectivity index (χ1v) is 6.14. The van der Waals surface area contributed by atoms with Crippen LogP contribution < -0.4 is 10.1 Å². The SMILES string of the molecule is COc1ccc(CNCCC(C)O)cc1Br. The number of halogens is 1. The Morgan fingerprint density at radius 3 is 2.81 bits per heavy atom. The van der Waals surface area contributed by atoms with Gasteiger partial charge in [-0.2, -0.15) is 0 Å². The van der Waals surface area contributed by atoms with E-state index in [9.17, 15) is 0 Å². The number of rotatable bonds is 6. The number of hydrogen-bond acceptors (Lipinski definition) is 3. The molecular weight excluding hydrogens is 270 g/mol. The number of methoxy groups -OCH3 is 1. The third kappa shape index (κ3) is 4.51. The Kier molecular flexibility index (Phi) is 5.80. The van der Waals surface area contributed by atoms with Gasteiger partial charge in [0.2, 0.25) is 0 Å². The molecule has 0 aliphatic heterocycles. The lowest BCUT2D eigenvalue weighted by molar-refractivity contribution is 0.183. The summed E-state index contributed by atoms with van der Waals surface area (Å²) in [6, 6.07) is 6.00. The molecule has 4 heteroatoms. The third-order valence-electron chi connectivity index (χ3n) is 2.28. The highest BCUT2D eigenvalue weighted by atomic mass is 79.9. The van der Waals surface area contributed by atoms with Crippen molar-refractivity contribution in [2.45, 2.75) is 26.0 Å². The quantitative estimate of drug-likeness (QED) is 0.789. The molecule has 1 aromatic carbocycles. The third-order valence-corrected chi connectivity index (χ3v) is 2.90. The standard InChI is InChI=1S/C12H18BrNO2/c1-9(15)5-6-14-8-10-3-4-12(16-2)11(13)7-10/h3-4,7,9,14-15H,5-6,8H2,1-2H3. The summed E-state index contributed by atoms with van der Waals surface area (Å²) in [7, 11) is 1.65. The zero-order chi connectivity index (χ0) is 12.0. The average Bonchev–Trinajstić information content (AvgIpc) is 2.24. The minimum Gasteiger partial charge on any atom is -0.496 e. The summed E-state index contributed by atoms with van der Waals surface area (Å²) in [6.45, 7) is 3.42. The largest absolute Gasteiger partial charge is 0.496 e. The van der Waals surface area contributed by atoms with Crippen LogP contribution >= 0.6 is 15.9 Å². The van der Waals surface area contributed by atoms with E-state index < -0.39 is 0 Å². The predicted molar refractivity (Wildman–Crippen MR) is 68.7 cm³/mol. The zero-order valence-electron chi connectivity index (χ0n) is 9.66. The molecule has 0 aliphatic rings. The first-order chi connectivity index (χ1) is 7.63. The molecule has 2 N–H and O–H groups in total. The second-order valence-electron chi connectivity index (χ2n) is 3.78. The van der Waals surface area contributed by atoms with Gasteiger partial charge in [0.25, 0.3) is 0 Å². The number of aliphatic hydroxyl groups is 1. The van der Waals surface area contributed by atoms with Crippen molar-refractivity contribution in [2.75, 3.05) is 13.7 Å². The maximum atomic E-state index is 9.10. The fraction of sp³-hybridized carbons (Fsp3) is 0.500. The highest BCUT2D eigenvalue weighted by molar-refractivity contribution is 9.10. The van der Waals surface area contributed by atoms with Gasteiger partial charge in [-0.15, -0.1) is 0 Å². The molecule has 0 fully saturated rings. The predicted octanol–water partition coefficient (Wildman–Crippen LogP) is 2.32. The van der Waals surface area contributed by atoms with E-state index >= 15 is 0 Å². The van der Waals surface area contributed by atoms with E-state index in [4.69, 9.17) is 9.84 Å². The molecule has 0 aliphatic carbocycles. The summed E-state index contributed by atoms with van der Waals surface area (Å²) in [6.07, 6.45) is 0.534. The van der Waals surface area contributed by atoms with Crippen LogP contribution in [0.25, 0.3) is 0 Å². The summed E-state index contributed by atoms with van der Waals surface area (Å²) in [5.41, 5.74) is 1.19. The maximum absolute atomic E-state index is 9.10. The van der Waals surface area contributed by atoms with Crippen molar-refractivity contribution in [3.05, 3.63) is 28.2 Å². The summed E-state index contributed by atoms with van der Waals surface area (Å²) < 4.78 is 6.12. The monoisotopic (exact) mass is 287 g/mol. The Balaban J connectivity index is 2.40. The Morgan fingerprint density at radius 2 is 2.25 bits per heavy atom. The van der Waals surface area contributed by atoms with Crippen LogP contribution in [0.4, 0.5) is 0 Å². The molecule has 1 atom stereocenters. The average molecular weight is 288 g/mol. The molecular formula is C12H18BrNO2. The van der Waals surface area contributed by atoms with E-state index in [-0.39, 0.29) is 6.10 Å². The molecule has 3 nitrogen and oxygen atoms in total. The van der Waals surface area contributed by atoms with Crippen LogP contribution in [0.5, 0.6) is 5.75 Å². The summed E-state index contributed by atoms with van der Waals surface area (Å²) >= 11 is 3.45. The van der Waals surface area contributed by atoms with Gasteiger partial charge in [-0.1, -0.05) is 6.07 Å². The van der Waals surface area contributed by atoms with E-state index in [1.165, 1.54) is 5.56 Å². The van der Waals surface area contributed by atoms with Gasteiger partial charge >= 0.3 is 0 Å². The Bertz CT molecular complexity index is 329. The highest BCUT2D eigenvalue weighted by Gasteiger charge is 2.01. The molecule has 0 aromatic heterocycles. The van der Waals surface area contributed by atoms with Crippen molar-refractivity contribution in [1.82, 2.24) is 5.32 Å². The molecule has 0 spiro atoms. The van der Waals surface area contributed by atoms with Crippen LogP contribution in [0.2, 0.25) is 0 Å². The second-order valence-corrected chi connectivity index (χ2v) is 4.64. The molecule has 90 valence electrons. The molecule has 0 radical (unpaired) electrons. The van der Waals surface area contributed by atoms with Crippen LogP contribution in [-0.4, -0.2) is 24.9 Å². The van der Waals surface area contributed by atoms with Crippen molar-refractivity contribution in [3.8, 4) is 5.75 Å². The van der Waals surface area contributed by atoms with Gasteiger partial charge in [0, 0.05) is 6.54 Å². The lowest BCUT2D eigenvalue weighted by atomic mass is 10.2. The van der Waals surface area contributed by atoms with E-state index in [0.717, 1.165) is 29.7 Å². The van der Waals surface area contributed by atoms with E-state index in [1.54, 1.807) is 14.0 Å². The van der Waals surface area contributed by atoms with Crippen LogP contribution in [0.1, 0.15) is 18.9 Å². The fourth-order valence-corrected chi connectivity index (χ4v) is 1.95. The van der Waals surface area contributed by atoms with Crippen molar-refractivity contribution in [3.63, 3.8) is 0 Å². The molecule has 16 heavy (non-hydrogen) atoms. The Hall–Kier alpha value is -0.580. The minimum absolute atomic E-state index is 0.241. The van der Waals surface area contributed by atoms with Crippen LogP contribution in [0.3, 0.4) is 0 Å². The zero-order valence-corrected chi connectivity index (χ0v) is 11.3. The molecule has 0 saturated carbocycles. The first-order valence-electron chi connectivity index (χ1n) is 5.34. The lowest BCUT2D eigenvalue weighted by Crippen LogP contribution is -2.18. The van der Waals surface area contributed by atoms with E-state index in [0.29, 0.717) is 0 Å². The molecule has 0 bridgehead atoms. The van der Waals surface area contributed by atoms with E-state index in [1.807, 2.05) is 18.2 Å². The van der Waals surface area contributed by atoms with Gasteiger partial charge in [-0.3, -0.25) is 0 Å². The second kappa shape index (κ2) is 6.89. The van der Waals surface area contributed by atoms with E-state index in [2.05, 4.69) is 21.2 Å². The van der Waals surface area contributed by atoms with Gasteiger partial charge in [0.05, 0.1) is 17.7 Å². The first kappa shape index (κ1) is 13.5. The Morgan fingerprint density at radius 1 is 1.50 bits per heavy atom. The van der Waals surface area contributed by atoms with Gasteiger partial charge in [-0.05, 0) is 53.5 Å². The minimum atomic E-state index is -0.241. The lowest BCUT2D eigenvalue weighted by Gasteiger charge is -2.08. The molecule has 1 rings (SSSR count). The molecule has 0 heterocycles. The van der Waals surface area contributed by atoms with Gasteiger partial charge in [0.15, 0.2) is 0 Å². The summed E-state index contributed by atoms with van der Waals surface area (Å²) in [5, 5.41) is 12.4. The van der Waals surface area contributed by atoms with Crippen LogP contribution in [-0.2, 0) is 6.54 Å². The van der Waals surface area contributed by atoms with Crippen LogP contribution in [0, 0.1) is 0 Å². The van der Waals surface area contributed by atoms with Gasteiger partial charge in [-0.25, -0.2) is 0 Å². The Labute approximate surface area is 105 Å². The number of ether oxygens (including phenoxy) is 1. The fourth-order valence-electron chi connectivity index (χ4n) is 1.36. The molecule has 0 saturated heterocycles.